The lowest BCUT2D eigenvalue weighted by Crippen LogP contribution is -2.47. The Kier molecular flexibility index (Phi) is 4.29. The minimum absolute atomic E-state index is 0.128. The van der Waals surface area contributed by atoms with Gasteiger partial charge in [0.1, 0.15) is 0 Å². The van der Waals surface area contributed by atoms with Gasteiger partial charge in [0.25, 0.3) is 0 Å². The summed E-state index contributed by atoms with van der Waals surface area (Å²) in [5.74, 6) is 0.260. The third-order valence-electron chi connectivity index (χ3n) is 4.90. The van der Waals surface area contributed by atoms with Crippen LogP contribution in [0.15, 0.2) is 0 Å². The van der Waals surface area contributed by atoms with Crippen molar-refractivity contribution in [3.63, 3.8) is 0 Å². The Bertz CT molecular complexity index is 351. The van der Waals surface area contributed by atoms with Crippen molar-refractivity contribution >= 4 is 5.91 Å². The first-order chi connectivity index (χ1) is 9.69. The van der Waals surface area contributed by atoms with Gasteiger partial charge in [-0.15, -0.1) is 0 Å². The molecule has 1 aliphatic carbocycles. The lowest BCUT2D eigenvalue weighted by Gasteiger charge is -2.38. The quantitative estimate of drug-likeness (QED) is 0.765. The molecule has 5 nitrogen and oxygen atoms in total. The van der Waals surface area contributed by atoms with Crippen LogP contribution in [0, 0.1) is 5.41 Å². The molecule has 2 aliphatic heterocycles. The van der Waals surface area contributed by atoms with Crippen LogP contribution in [0.3, 0.4) is 0 Å². The van der Waals surface area contributed by atoms with Gasteiger partial charge in [-0.25, -0.2) is 0 Å². The molecule has 0 atom stereocenters. The molecule has 2 saturated heterocycles. The van der Waals surface area contributed by atoms with Crippen LogP contribution in [0.1, 0.15) is 25.7 Å². The molecule has 0 radical (unpaired) electrons. The first-order valence-corrected chi connectivity index (χ1v) is 7.82. The average molecular weight is 282 g/mol. The summed E-state index contributed by atoms with van der Waals surface area (Å²) in [5, 5.41) is 0. The number of amides is 1. The Morgan fingerprint density at radius 3 is 2.70 bits per heavy atom. The summed E-state index contributed by atoms with van der Waals surface area (Å²) in [5.41, 5.74) is 0.128. The maximum absolute atomic E-state index is 12.5. The molecule has 3 fully saturated rings. The van der Waals surface area contributed by atoms with Gasteiger partial charge in [-0.2, -0.15) is 0 Å². The van der Waals surface area contributed by atoms with Crippen LogP contribution < -0.4 is 0 Å². The molecule has 3 aliphatic rings. The number of hydrogen-bond donors (Lipinski definition) is 0. The predicted octanol–water partition coefficient (Wildman–Crippen LogP) is 0.736. The lowest BCUT2D eigenvalue weighted by atomic mass is 9.80. The molecule has 114 valence electrons. The highest BCUT2D eigenvalue weighted by molar-refractivity contribution is 5.78. The Morgan fingerprint density at radius 1 is 1.25 bits per heavy atom. The van der Waals surface area contributed by atoms with Crippen molar-refractivity contribution in [3.05, 3.63) is 0 Å². The average Bonchev–Trinajstić information content (AvgIpc) is 3.27. The van der Waals surface area contributed by atoms with E-state index in [0.717, 1.165) is 45.8 Å². The van der Waals surface area contributed by atoms with E-state index in [2.05, 4.69) is 11.9 Å². The summed E-state index contributed by atoms with van der Waals surface area (Å²) in [6.07, 6.45) is 4.51. The number of carbonyl (C=O) groups is 1. The molecule has 2 heterocycles. The minimum atomic E-state index is 0.128. The second kappa shape index (κ2) is 6.00. The first kappa shape index (κ1) is 14.3. The summed E-state index contributed by atoms with van der Waals surface area (Å²) in [4.78, 5) is 16.7. The number of likely N-dealkylation sites (N-methyl/N-ethyl adjacent to an activating group) is 1. The molecular formula is C15H26N2O3. The monoisotopic (exact) mass is 282 g/mol. The van der Waals surface area contributed by atoms with Crippen LogP contribution in [0.4, 0.5) is 0 Å². The van der Waals surface area contributed by atoms with Crippen LogP contribution >= 0.6 is 0 Å². The largest absolute Gasteiger partial charge is 0.381 e. The molecular weight excluding hydrogens is 256 g/mol. The zero-order chi connectivity index (χ0) is 14.0. The van der Waals surface area contributed by atoms with Crippen molar-refractivity contribution in [2.24, 2.45) is 5.41 Å². The van der Waals surface area contributed by atoms with Crippen LogP contribution in [0.25, 0.3) is 0 Å². The van der Waals surface area contributed by atoms with Gasteiger partial charge >= 0.3 is 0 Å². The molecule has 1 spiro atoms. The summed E-state index contributed by atoms with van der Waals surface area (Å²) in [6, 6.07) is 0.638. The van der Waals surface area contributed by atoms with Crippen molar-refractivity contribution < 1.29 is 14.3 Å². The third-order valence-corrected chi connectivity index (χ3v) is 4.90. The molecule has 0 aromatic rings. The second-order valence-electron chi connectivity index (χ2n) is 6.63. The van der Waals surface area contributed by atoms with Gasteiger partial charge in [0.2, 0.25) is 5.91 Å². The van der Waals surface area contributed by atoms with Crippen molar-refractivity contribution in [1.29, 1.82) is 0 Å². The van der Waals surface area contributed by atoms with E-state index in [1.165, 1.54) is 12.8 Å². The molecule has 5 heteroatoms. The van der Waals surface area contributed by atoms with Gasteiger partial charge in [-0.05, 0) is 32.7 Å². The molecule has 0 aromatic heterocycles. The number of ether oxygens (including phenoxy) is 2. The van der Waals surface area contributed by atoms with Crippen molar-refractivity contribution in [3.8, 4) is 0 Å². The summed E-state index contributed by atoms with van der Waals surface area (Å²) >= 11 is 0. The van der Waals surface area contributed by atoms with Gasteiger partial charge in [0, 0.05) is 37.8 Å². The van der Waals surface area contributed by atoms with Gasteiger partial charge in [0.15, 0.2) is 0 Å². The van der Waals surface area contributed by atoms with Crippen LogP contribution in [0.2, 0.25) is 0 Å². The molecule has 0 bridgehead atoms. The molecule has 0 unspecified atom stereocenters. The Labute approximate surface area is 121 Å². The van der Waals surface area contributed by atoms with Crippen molar-refractivity contribution in [1.82, 2.24) is 9.80 Å². The molecule has 1 amide bonds. The third kappa shape index (κ3) is 3.32. The standard InChI is InChI=1S/C15H26N2O3/c1-16(13-2-3-13)10-14(18)17-6-9-20-12-15(11-17)4-7-19-8-5-15/h13H,2-12H2,1H3. The molecule has 0 aromatic carbocycles. The molecule has 0 N–H and O–H groups in total. The molecule has 3 rings (SSSR count). The maximum atomic E-state index is 12.5. The second-order valence-corrected chi connectivity index (χ2v) is 6.63. The zero-order valence-corrected chi connectivity index (χ0v) is 12.5. The zero-order valence-electron chi connectivity index (χ0n) is 12.5. The number of hydrogen-bond acceptors (Lipinski definition) is 4. The highest BCUT2D eigenvalue weighted by Crippen LogP contribution is 2.33. The summed E-state index contributed by atoms with van der Waals surface area (Å²) in [6.45, 7) is 5.17. The van der Waals surface area contributed by atoms with E-state index in [1.54, 1.807) is 0 Å². The summed E-state index contributed by atoms with van der Waals surface area (Å²) in [7, 11) is 2.06. The minimum Gasteiger partial charge on any atom is -0.381 e. The fourth-order valence-electron chi connectivity index (χ4n) is 3.27. The van der Waals surface area contributed by atoms with Crippen LogP contribution in [0.5, 0.6) is 0 Å². The van der Waals surface area contributed by atoms with E-state index < -0.39 is 0 Å². The Morgan fingerprint density at radius 2 is 2.00 bits per heavy atom. The van der Waals surface area contributed by atoms with Crippen LogP contribution in [-0.2, 0) is 14.3 Å². The predicted molar refractivity (Wildman–Crippen MR) is 75.5 cm³/mol. The fraction of sp³-hybridized carbons (Fsp3) is 0.933. The topological polar surface area (TPSA) is 42.0 Å². The van der Waals surface area contributed by atoms with Crippen molar-refractivity contribution in [2.45, 2.75) is 31.7 Å². The van der Waals surface area contributed by atoms with E-state index >= 15 is 0 Å². The van der Waals surface area contributed by atoms with Crippen molar-refractivity contribution in [2.75, 3.05) is 53.1 Å². The van der Waals surface area contributed by atoms with E-state index in [9.17, 15) is 4.79 Å². The molecule has 1 saturated carbocycles. The van der Waals surface area contributed by atoms with Gasteiger partial charge < -0.3 is 14.4 Å². The van der Waals surface area contributed by atoms with E-state index in [0.29, 0.717) is 19.2 Å². The smallest absolute Gasteiger partial charge is 0.236 e. The maximum Gasteiger partial charge on any atom is 0.236 e. The number of carbonyl (C=O) groups excluding carboxylic acids is 1. The normalized spacial score (nSPS) is 26.8. The van der Waals surface area contributed by atoms with Gasteiger partial charge in [-0.1, -0.05) is 0 Å². The van der Waals surface area contributed by atoms with Gasteiger partial charge in [-0.3, -0.25) is 9.69 Å². The SMILES string of the molecule is CN(CC(=O)N1CCOCC2(CCOCC2)C1)C1CC1. The van der Waals surface area contributed by atoms with Crippen LogP contribution in [-0.4, -0.2) is 74.9 Å². The molecule has 20 heavy (non-hydrogen) atoms. The Hall–Kier alpha value is -0.650. The Balaban J connectivity index is 1.60. The fourth-order valence-corrected chi connectivity index (χ4v) is 3.27. The lowest BCUT2D eigenvalue weighted by molar-refractivity contribution is -0.134. The van der Waals surface area contributed by atoms with Gasteiger partial charge in [0.05, 0.1) is 19.8 Å². The van der Waals surface area contributed by atoms with E-state index in [4.69, 9.17) is 9.47 Å². The summed E-state index contributed by atoms with van der Waals surface area (Å²) < 4.78 is 11.2. The number of nitrogens with zero attached hydrogens (tertiary/aromatic N) is 2. The highest BCUT2D eigenvalue weighted by Gasteiger charge is 2.38. The van der Waals surface area contributed by atoms with E-state index in [-0.39, 0.29) is 11.3 Å². The first-order valence-electron chi connectivity index (χ1n) is 7.82. The highest BCUT2D eigenvalue weighted by atomic mass is 16.5. The van der Waals surface area contributed by atoms with E-state index in [1.807, 2.05) is 4.90 Å². The number of rotatable bonds is 3.